The van der Waals surface area contributed by atoms with E-state index >= 15 is 0 Å². The molecular weight excluding hydrogens is 314 g/mol. The molecule has 0 atom stereocenters. The van der Waals surface area contributed by atoms with Gasteiger partial charge in [-0.3, -0.25) is 9.59 Å². The number of hydrogen-bond donors (Lipinski definition) is 2. The Morgan fingerprint density at radius 2 is 1.48 bits per heavy atom. The van der Waals surface area contributed by atoms with Crippen molar-refractivity contribution in [3.8, 4) is 6.07 Å². The Labute approximate surface area is 146 Å². The number of nitrogens with zero attached hydrogens (tertiary/aromatic N) is 1. The molecule has 0 radical (unpaired) electrons. The summed E-state index contributed by atoms with van der Waals surface area (Å²) in [6.45, 7) is 0. The van der Waals surface area contributed by atoms with E-state index in [-0.39, 0.29) is 11.8 Å². The van der Waals surface area contributed by atoms with Crippen LogP contribution in [0, 0.1) is 16.7 Å². The van der Waals surface area contributed by atoms with E-state index < -0.39 is 5.41 Å². The standard InChI is InChI=1S/C20H19N3O2/c21-14-20(12-4-5-13-20)19(25)23-17-10-8-15(9-11-17)18(24)22-16-6-2-1-3-7-16/h1-3,6-11H,4-5,12-13H2,(H,22,24)(H,23,25). The van der Waals surface area contributed by atoms with Gasteiger partial charge in [-0.05, 0) is 49.2 Å². The van der Waals surface area contributed by atoms with Crippen LogP contribution in [0.2, 0.25) is 0 Å². The number of nitrogens with one attached hydrogen (secondary N) is 2. The van der Waals surface area contributed by atoms with Crippen LogP contribution >= 0.6 is 0 Å². The van der Waals surface area contributed by atoms with Crippen LogP contribution < -0.4 is 10.6 Å². The van der Waals surface area contributed by atoms with Gasteiger partial charge in [-0.1, -0.05) is 31.0 Å². The van der Waals surface area contributed by atoms with Crippen LogP contribution in [0.15, 0.2) is 54.6 Å². The Hall–Kier alpha value is -3.13. The maximum atomic E-state index is 12.4. The zero-order valence-electron chi connectivity index (χ0n) is 13.8. The number of amides is 2. The molecule has 5 nitrogen and oxygen atoms in total. The topological polar surface area (TPSA) is 82.0 Å². The van der Waals surface area contributed by atoms with E-state index in [1.807, 2.05) is 30.3 Å². The summed E-state index contributed by atoms with van der Waals surface area (Å²) in [5.74, 6) is -0.470. The summed E-state index contributed by atoms with van der Waals surface area (Å²) in [6, 6.07) is 18.1. The molecule has 2 N–H and O–H groups in total. The lowest BCUT2D eigenvalue weighted by Gasteiger charge is -2.19. The highest BCUT2D eigenvalue weighted by Crippen LogP contribution is 2.38. The summed E-state index contributed by atoms with van der Waals surface area (Å²) in [5.41, 5.74) is 0.895. The van der Waals surface area contributed by atoms with Crippen LogP contribution in [-0.2, 0) is 4.79 Å². The van der Waals surface area contributed by atoms with Crippen LogP contribution in [-0.4, -0.2) is 11.8 Å². The molecule has 0 heterocycles. The number of hydrogen-bond acceptors (Lipinski definition) is 3. The molecule has 25 heavy (non-hydrogen) atoms. The van der Waals surface area contributed by atoms with Crippen molar-refractivity contribution in [2.24, 2.45) is 5.41 Å². The molecule has 0 unspecified atom stereocenters. The van der Waals surface area contributed by atoms with Gasteiger partial charge in [-0.25, -0.2) is 0 Å². The fourth-order valence-corrected chi connectivity index (χ4v) is 3.05. The minimum atomic E-state index is -0.913. The van der Waals surface area contributed by atoms with Crippen molar-refractivity contribution in [3.05, 3.63) is 60.2 Å². The smallest absolute Gasteiger partial charge is 0.255 e. The molecule has 0 aliphatic heterocycles. The van der Waals surface area contributed by atoms with Crippen molar-refractivity contribution < 1.29 is 9.59 Å². The fraction of sp³-hybridized carbons (Fsp3) is 0.250. The highest BCUT2D eigenvalue weighted by atomic mass is 16.2. The summed E-state index contributed by atoms with van der Waals surface area (Å²) < 4.78 is 0. The molecule has 1 aliphatic carbocycles. The van der Waals surface area contributed by atoms with Crippen LogP contribution in [0.3, 0.4) is 0 Å². The Morgan fingerprint density at radius 3 is 2.08 bits per heavy atom. The molecule has 2 aromatic carbocycles. The first kappa shape index (κ1) is 16.7. The second kappa shape index (κ2) is 7.18. The fourth-order valence-electron chi connectivity index (χ4n) is 3.05. The van der Waals surface area contributed by atoms with E-state index in [1.54, 1.807) is 24.3 Å². The van der Waals surface area contributed by atoms with Crippen molar-refractivity contribution in [2.75, 3.05) is 10.6 Å². The maximum absolute atomic E-state index is 12.4. The van der Waals surface area contributed by atoms with Gasteiger partial charge in [0.2, 0.25) is 5.91 Å². The Morgan fingerprint density at radius 1 is 0.880 bits per heavy atom. The van der Waals surface area contributed by atoms with Crippen molar-refractivity contribution in [2.45, 2.75) is 25.7 Å². The van der Waals surface area contributed by atoms with Gasteiger partial charge in [0.15, 0.2) is 0 Å². The number of anilines is 2. The average Bonchev–Trinajstić information content (AvgIpc) is 3.13. The lowest BCUT2D eigenvalue weighted by Crippen LogP contribution is -2.32. The predicted molar refractivity (Wildman–Crippen MR) is 96.0 cm³/mol. The number of para-hydroxylation sites is 1. The predicted octanol–water partition coefficient (Wildman–Crippen LogP) is 3.96. The monoisotopic (exact) mass is 333 g/mol. The van der Waals surface area contributed by atoms with Crippen LogP contribution in [0.4, 0.5) is 11.4 Å². The van der Waals surface area contributed by atoms with Gasteiger partial charge in [-0.15, -0.1) is 0 Å². The number of carbonyl (C=O) groups is 2. The van der Waals surface area contributed by atoms with E-state index in [0.717, 1.165) is 18.5 Å². The highest BCUT2D eigenvalue weighted by Gasteiger charge is 2.41. The first-order chi connectivity index (χ1) is 12.1. The molecule has 0 bridgehead atoms. The third-order valence-corrected chi connectivity index (χ3v) is 4.54. The van der Waals surface area contributed by atoms with Gasteiger partial charge in [0.25, 0.3) is 5.91 Å². The van der Waals surface area contributed by atoms with Crippen molar-refractivity contribution in [3.63, 3.8) is 0 Å². The molecule has 2 aromatic rings. The average molecular weight is 333 g/mol. The van der Waals surface area contributed by atoms with Crippen LogP contribution in [0.25, 0.3) is 0 Å². The van der Waals surface area contributed by atoms with Crippen LogP contribution in [0.5, 0.6) is 0 Å². The molecule has 0 aromatic heterocycles. The summed E-state index contributed by atoms with van der Waals surface area (Å²) in [7, 11) is 0. The molecular formula is C20H19N3O2. The molecule has 0 saturated heterocycles. The quantitative estimate of drug-likeness (QED) is 0.888. The molecule has 1 fully saturated rings. The second-order valence-corrected chi connectivity index (χ2v) is 6.25. The zero-order valence-corrected chi connectivity index (χ0v) is 13.8. The summed E-state index contributed by atoms with van der Waals surface area (Å²) in [5, 5.41) is 15.0. The Balaban J connectivity index is 1.65. The van der Waals surface area contributed by atoms with E-state index in [9.17, 15) is 14.9 Å². The van der Waals surface area contributed by atoms with Gasteiger partial charge in [0.1, 0.15) is 5.41 Å². The van der Waals surface area contributed by atoms with E-state index in [1.165, 1.54) is 0 Å². The Bertz CT molecular complexity index is 801. The maximum Gasteiger partial charge on any atom is 0.255 e. The minimum absolute atomic E-state index is 0.214. The van der Waals surface area contributed by atoms with E-state index in [0.29, 0.717) is 24.1 Å². The zero-order chi connectivity index (χ0) is 17.7. The first-order valence-corrected chi connectivity index (χ1v) is 8.32. The molecule has 1 aliphatic rings. The lowest BCUT2D eigenvalue weighted by atomic mass is 9.87. The number of rotatable bonds is 4. The van der Waals surface area contributed by atoms with Gasteiger partial charge >= 0.3 is 0 Å². The van der Waals surface area contributed by atoms with Gasteiger partial charge in [-0.2, -0.15) is 5.26 Å². The highest BCUT2D eigenvalue weighted by molar-refractivity contribution is 6.04. The van der Waals surface area contributed by atoms with Gasteiger partial charge in [0.05, 0.1) is 6.07 Å². The minimum Gasteiger partial charge on any atom is -0.325 e. The largest absolute Gasteiger partial charge is 0.325 e. The number of carbonyl (C=O) groups excluding carboxylic acids is 2. The first-order valence-electron chi connectivity index (χ1n) is 8.32. The molecule has 3 rings (SSSR count). The van der Waals surface area contributed by atoms with Gasteiger partial charge in [0, 0.05) is 16.9 Å². The summed E-state index contributed by atoms with van der Waals surface area (Å²) >= 11 is 0. The van der Waals surface area contributed by atoms with Crippen molar-refractivity contribution >= 4 is 23.2 Å². The number of nitriles is 1. The summed E-state index contributed by atoms with van der Waals surface area (Å²) in [4.78, 5) is 24.6. The number of benzene rings is 2. The summed E-state index contributed by atoms with van der Waals surface area (Å²) in [6.07, 6.45) is 3.01. The lowest BCUT2D eigenvalue weighted by molar-refractivity contribution is -0.122. The molecule has 1 saturated carbocycles. The van der Waals surface area contributed by atoms with E-state index in [2.05, 4.69) is 16.7 Å². The van der Waals surface area contributed by atoms with Crippen molar-refractivity contribution in [1.29, 1.82) is 5.26 Å². The normalized spacial score (nSPS) is 15.2. The Kier molecular flexibility index (Phi) is 4.80. The SMILES string of the molecule is N#CC1(C(=O)Nc2ccc(C(=O)Nc3ccccc3)cc2)CCCC1. The third-order valence-electron chi connectivity index (χ3n) is 4.54. The molecule has 5 heteroatoms. The molecule has 2 amide bonds. The van der Waals surface area contributed by atoms with Crippen molar-refractivity contribution in [1.82, 2.24) is 0 Å². The molecule has 126 valence electrons. The van der Waals surface area contributed by atoms with E-state index in [4.69, 9.17) is 0 Å². The second-order valence-electron chi connectivity index (χ2n) is 6.25. The van der Waals surface area contributed by atoms with Crippen LogP contribution in [0.1, 0.15) is 36.0 Å². The molecule has 0 spiro atoms. The third kappa shape index (κ3) is 3.69. The van der Waals surface area contributed by atoms with Gasteiger partial charge < -0.3 is 10.6 Å².